The van der Waals surface area contributed by atoms with Crippen LogP contribution in [0.25, 0.3) is 49.7 Å². The van der Waals surface area contributed by atoms with Gasteiger partial charge in [-0.3, -0.25) is 0 Å². The lowest BCUT2D eigenvalue weighted by Crippen LogP contribution is -2.74. The van der Waals surface area contributed by atoms with Gasteiger partial charge in [-0.15, -0.1) is 0 Å². The normalized spacial score (nSPS) is 13.2. The molecule has 252 valence electrons. The third-order valence-corrected chi connectivity index (χ3v) is 20.0. The van der Waals surface area contributed by atoms with Gasteiger partial charge in [0.1, 0.15) is 8.07 Å². The van der Waals surface area contributed by atoms with E-state index < -0.39 is 16.1 Å². The summed E-state index contributed by atoms with van der Waals surface area (Å²) in [5.74, 6) is 0. The van der Waals surface area contributed by atoms with Crippen LogP contribution in [-0.4, -0.2) is 20.7 Å². The molecular weight excluding hydrogens is 671 g/mol. The van der Waals surface area contributed by atoms with Gasteiger partial charge in [-0.05, 0) is 77.6 Å². The molecule has 0 amide bonds. The number of hydrogen-bond acceptors (Lipinski definition) is 0. The average Bonchev–Trinajstić information content (AvgIpc) is 3.67. The van der Waals surface area contributed by atoms with E-state index in [9.17, 15) is 0 Å². The summed E-state index contributed by atoms with van der Waals surface area (Å²) in [5.41, 5.74) is 9.04. The van der Waals surface area contributed by atoms with Crippen molar-refractivity contribution < 1.29 is 0 Å². The quantitative estimate of drug-likeness (QED) is 0.120. The maximum atomic E-state index is 2.52. The minimum atomic E-state index is -2.84. The van der Waals surface area contributed by atoms with Gasteiger partial charge in [-0.25, -0.2) is 0 Å². The van der Waals surface area contributed by atoms with Gasteiger partial charge in [-0.2, -0.15) is 0 Å². The Labute approximate surface area is 313 Å². The van der Waals surface area contributed by atoms with Crippen molar-refractivity contribution in [1.29, 1.82) is 0 Å². The van der Waals surface area contributed by atoms with Crippen LogP contribution in [0.15, 0.2) is 200 Å². The van der Waals surface area contributed by atoms with Crippen LogP contribution in [0.2, 0.25) is 13.1 Å². The van der Waals surface area contributed by atoms with Crippen molar-refractivity contribution in [2.24, 2.45) is 0 Å². The van der Waals surface area contributed by atoms with Gasteiger partial charge in [-0.1, -0.05) is 189 Å². The van der Waals surface area contributed by atoms with Gasteiger partial charge in [0.05, 0.1) is 11.0 Å². The molecule has 0 unspecified atom stereocenters. The van der Waals surface area contributed by atoms with Crippen molar-refractivity contribution in [2.45, 2.75) is 13.1 Å². The Bertz CT molecular complexity index is 2760. The highest BCUT2D eigenvalue weighted by Crippen LogP contribution is 2.33. The first kappa shape index (κ1) is 31.7. The summed E-state index contributed by atoms with van der Waals surface area (Å²) in [4.78, 5) is 0. The van der Waals surface area contributed by atoms with Crippen molar-refractivity contribution >= 4 is 69.1 Å². The SMILES string of the molecule is C[Si]1(C)c2ccccc2-c2ccc(-c3cccc([Si](c4ccccc4)(c4ccccc4)c4ccc5c(c4)c4ccccc4n5-c4ccccc4)c3)cc21. The van der Waals surface area contributed by atoms with E-state index in [1.165, 1.54) is 75.7 Å². The molecule has 1 aliphatic rings. The molecule has 0 N–H and O–H groups in total. The van der Waals surface area contributed by atoms with E-state index in [2.05, 4.69) is 218 Å². The van der Waals surface area contributed by atoms with Crippen LogP contribution in [0.5, 0.6) is 0 Å². The van der Waals surface area contributed by atoms with E-state index in [0.29, 0.717) is 0 Å². The van der Waals surface area contributed by atoms with Crippen LogP contribution < -0.4 is 31.1 Å². The number of para-hydroxylation sites is 2. The van der Waals surface area contributed by atoms with E-state index in [4.69, 9.17) is 0 Å². The van der Waals surface area contributed by atoms with Gasteiger partial charge in [0.15, 0.2) is 8.07 Å². The lowest BCUT2D eigenvalue weighted by atomic mass is 10.0. The van der Waals surface area contributed by atoms with E-state index in [0.717, 1.165) is 0 Å². The maximum Gasteiger partial charge on any atom is 0.179 e. The Kier molecular flexibility index (Phi) is 7.36. The minimum Gasteiger partial charge on any atom is -0.309 e. The second-order valence-corrected chi connectivity index (χ2v) is 23.1. The zero-order valence-corrected chi connectivity index (χ0v) is 32.0. The van der Waals surface area contributed by atoms with Gasteiger partial charge < -0.3 is 4.57 Å². The molecule has 0 spiro atoms. The number of benzene rings is 8. The van der Waals surface area contributed by atoms with Gasteiger partial charge >= 0.3 is 0 Å². The topological polar surface area (TPSA) is 4.93 Å². The monoisotopic (exact) mass is 709 g/mol. The highest BCUT2D eigenvalue weighted by atomic mass is 28.3. The summed E-state index contributed by atoms with van der Waals surface area (Å²) in [5, 5.41) is 11.2. The van der Waals surface area contributed by atoms with Crippen molar-refractivity contribution in [3.8, 4) is 27.9 Å². The Morgan fingerprint density at radius 3 is 1.70 bits per heavy atom. The fourth-order valence-corrected chi connectivity index (χ4v) is 17.2. The predicted molar refractivity (Wildman–Crippen MR) is 232 cm³/mol. The van der Waals surface area contributed by atoms with Crippen LogP contribution in [0.1, 0.15) is 0 Å². The lowest BCUT2D eigenvalue weighted by molar-refractivity contribution is 1.18. The molecule has 8 aromatic carbocycles. The van der Waals surface area contributed by atoms with Gasteiger partial charge in [0.25, 0.3) is 0 Å². The van der Waals surface area contributed by atoms with E-state index in [1.54, 1.807) is 5.19 Å². The molecule has 0 bridgehead atoms. The molecular formula is C50H39NSi2. The number of rotatable bonds is 6. The molecule has 0 saturated heterocycles. The first-order chi connectivity index (χ1) is 26.0. The second-order valence-electron chi connectivity index (χ2n) is 14.9. The summed E-state index contributed by atoms with van der Waals surface area (Å²) in [6, 6.07) is 75.4. The molecule has 1 aromatic heterocycles. The second kappa shape index (κ2) is 12.3. The van der Waals surface area contributed by atoms with Crippen LogP contribution >= 0.6 is 0 Å². The third-order valence-electron chi connectivity index (χ3n) is 11.7. The van der Waals surface area contributed by atoms with Crippen molar-refractivity contribution in [3.63, 3.8) is 0 Å². The molecule has 1 nitrogen and oxygen atoms in total. The average molecular weight is 710 g/mol. The lowest BCUT2D eigenvalue weighted by Gasteiger charge is -2.35. The highest BCUT2D eigenvalue weighted by Gasteiger charge is 2.42. The molecule has 10 rings (SSSR count). The molecule has 53 heavy (non-hydrogen) atoms. The number of aromatic nitrogens is 1. The Morgan fingerprint density at radius 1 is 0.377 bits per heavy atom. The molecule has 0 saturated carbocycles. The van der Waals surface area contributed by atoms with E-state index in [-0.39, 0.29) is 0 Å². The molecule has 9 aromatic rings. The maximum absolute atomic E-state index is 2.84. The number of fused-ring (bicyclic) bond motifs is 6. The van der Waals surface area contributed by atoms with Crippen LogP contribution in [0.3, 0.4) is 0 Å². The summed E-state index contributed by atoms with van der Waals surface area (Å²) in [7, 11) is -4.66. The summed E-state index contributed by atoms with van der Waals surface area (Å²) >= 11 is 0. The standard InChI is InChI=1S/C50H39NSi2/c1-52(2)49-28-15-13-26-44(49)45-31-29-37(34-50(45)52)36-17-16-24-41(33-36)53(39-20-8-4-9-21-39,40-22-10-5-11-23-40)42-30-32-48-46(35-42)43-25-12-14-27-47(43)51(48)38-18-6-3-7-19-38/h3-35H,1-2H3. The first-order valence-electron chi connectivity index (χ1n) is 18.6. The van der Waals surface area contributed by atoms with E-state index >= 15 is 0 Å². The molecule has 0 radical (unpaired) electrons. The van der Waals surface area contributed by atoms with Crippen molar-refractivity contribution in [1.82, 2.24) is 4.57 Å². The zero-order chi connectivity index (χ0) is 35.6. The fraction of sp³-hybridized carbons (Fsp3) is 0.0400. The zero-order valence-electron chi connectivity index (χ0n) is 30.0. The molecule has 0 aliphatic carbocycles. The van der Waals surface area contributed by atoms with Gasteiger partial charge in [0, 0.05) is 16.5 Å². The number of nitrogens with zero attached hydrogens (tertiary/aromatic N) is 1. The van der Waals surface area contributed by atoms with Crippen molar-refractivity contribution in [2.75, 3.05) is 0 Å². The molecule has 2 heterocycles. The first-order valence-corrected chi connectivity index (χ1v) is 23.6. The van der Waals surface area contributed by atoms with Crippen LogP contribution in [-0.2, 0) is 0 Å². The molecule has 0 fully saturated rings. The number of hydrogen-bond donors (Lipinski definition) is 0. The van der Waals surface area contributed by atoms with Crippen LogP contribution in [0.4, 0.5) is 0 Å². The molecule has 0 atom stereocenters. The summed E-state index contributed by atoms with van der Waals surface area (Å²) in [6.07, 6.45) is 0. The van der Waals surface area contributed by atoms with Crippen molar-refractivity contribution in [3.05, 3.63) is 200 Å². The highest BCUT2D eigenvalue weighted by molar-refractivity contribution is 7.20. The van der Waals surface area contributed by atoms with Crippen LogP contribution in [0, 0.1) is 0 Å². The Morgan fingerprint density at radius 2 is 0.943 bits per heavy atom. The Balaban J connectivity index is 1.23. The minimum absolute atomic E-state index is 1.18. The van der Waals surface area contributed by atoms with Gasteiger partial charge in [0.2, 0.25) is 0 Å². The Hall–Kier alpha value is -6.01. The predicted octanol–water partition coefficient (Wildman–Crippen LogP) is 8.63. The largest absolute Gasteiger partial charge is 0.309 e. The fourth-order valence-electron chi connectivity index (χ4n) is 9.25. The smallest absolute Gasteiger partial charge is 0.179 e. The molecule has 1 aliphatic heterocycles. The molecule has 3 heteroatoms. The summed E-state index contributed by atoms with van der Waals surface area (Å²) in [6.45, 7) is 5.01. The third kappa shape index (κ3) is 4.81. The summed E-state index contributed by atoms with van der Waals surface area (Å²) < 4.78 is 2.42. The van der Waals surface area contributed by atoms with E-state index in [1.807, 2.05) is 0 Å².